The van der Waals surface area contributed by atoms with Crippen LogP contribution in [-0.2, 0) is 29.9 Å². The molecule has 6 N–H and O–H groups in total. The van der Waals surface area contributed by atoms with Crippen LogP contribution in [0.5, 0.6) is 0 Å². The van der Waals surface area contributed by atoms with E-state index >= 15 is 0 Å². The molecule has 0 saturated carbocycles. The molecule has 1 fully saturated rings. The van der Waals surface area contributed by atoms with Crippen molar-refractivity contribution in [1.82, 2.24) is 30.2 Å². The fourth-order valence-corrected chi connectivity index (χ4v) is 11.7. The van der Waals surface area contributed by atoms with Crippen LogP contribution >= 0.6 is 0 Å². The molecule has 5 atom stereocenters. The van der Waals surface area contributed by atoms with Crippen molar-refractivity contribution in [2.24, 2.45) is 0 Å². The van der Waals surface area contributed by atoms with Gasteiger partial charge >= 0.3 is 12.1 Å². The lowest BCUT2D eigenvalue weighted by atomic mass is 10.0. The summed E-state index contributed by atoms with van der Waals surface area (Å²) in [5.74, 6) is -1.90. The van der Waals surface area contributed by atoms with Crippen LogP contribution in [0, 0.1) is 0 Å². The van der Waals surface area contributed by atoms with Crippen LogP contribution in [0.4, 0.5) is 10.6 Å². The number of imidazole rings is 1. The van der Waals surface area contributed by atoms with Gasteiger partial charge in [-0.2, -0.15) is 0 Å². The molecule has 0 radical (unpaired) electrons. The normalized spacial score (nSPS) is 19.3. The number of hydrogen-bond acceptors (Lipinski definition) is 11. The van der Waals surface area contributed by atoms with Crippen LogP contribution in [-0.4, -0.2) is 92.5 Å². The van der Waals surface area contributed by atoms with Gasteiger partial charge in [0.2, 0.25) is 0 Å². The number of anilines is 1. The van der Waals surface area contributed by atoms with Gasteiger partial charge in [-0.1, -0.05) is 112 Å². The summed E-state index contributed by atoms with van der Waals surface area (Å²) in [5, 5.41) is 28.6. The van der Waals surface area contributed by atoms with Crippen molar-refractivity contribution in [3.05, 3.63) is 109 Å². The second-order valence-corrected chi connectivity index (χ2v) is 19.5. The first-order valence-corrected chi connectivity index (χ1v) is 20.1. The molecule has 3 heterocycles. The van der Waals surface area contributed by atoms with Gasteiger partial charge in [0.15, 0.2) is 23.3 Å². The minimum atomic E-state index is -3.12. The highest BCUT2D eigenvalue weighted by atomic mass is 28.4. The Morgan fingerprint density at radius 1 is 0.911 bits per heavy atom. The molecular formula is C40H47N7O8Si. The second kappa shape index (κ2) is 16.2. The predicted octanol–water partition coefficient (Wildman–Crippen LogP) is 2.93. The zero-order chi connectivity index (χ0) is 40.3. The maximum absolute atomic E-state index is 14.0. The van der Waals surface area contributed by atoms with Crippen molar-refractivity contribution in [3.8, 4) is 0 Å². The third kappa shape index (κ3) is 8.13. The number of nitrogens with one attached hydrogen (secondary N) is 2. The molecule has 2 aromatic heterocycles. The van der Waals surface area contributed by atoms with Gasteiger partial charge in [-0.05, 0) is 34.8 Å². The number of nitrogens with two attached hydrogens (primary N) is 1. The minimum absolute atomic E-state index is 0.00257. The molecule has 3 aromatic carbocycles. The van der Waals surface area contributed by atoms with E-state index < -0.39 is 67.4 Å². The van der Waals surface area contributed by atoms with Crippen LogP contribution in [0.3, 0.4) is 0 Å². The quantitative estimate of drug-likeness (QED) is 0.109. The number of hydrogen-bond donors (Lipinski definition) is 5. The summed E-state index contributed by atoms with van der Waals surface area (Å²) in [5.41, 5.74) is 5.54. The smallest absolute Gasteiger partial charge is 0.408 e. The summed E-state index contributed by atoms with van der Waals surface area (Å²) in [6.45, 7) is 9.07. The van der Waals surface area contributed by atoms with E-state index in [0.717, 1.165) is 10.4 Å². The Hall–Kier alpha value is -5.68. The Bertz CT molecular complexity index is 2110. The van der Waals surface area contributed by atoms with Crippen molar-refractivity contribution in [1.29, 1.82) is 0 Å². The van der Waals surface area contributed by atoms with Crippen molar-refractivity contribution in [3.63, 3.8) is 0 Å². The van der Waals surface area contributed by atoms with Gasteiger partial charge in [-0.3, -0.25) is 9.36 Å². The molecule has 56 heavy (non-hydrogen) atoms. The summed E-state index contributed by atoms with van der Waals surface area (Å²) in [6, 6.07) is 26.4. The van der Waals surface area contributed by atoms with Gasteiger partial charge in [0.25, 0.3) is 14.2 Å². The average molecular weight is 782 g/mol. The summed E-state index contributed by atoms with van der Waals surface area (Å²) >= 11 is 0. The molecule has 0 bridgehead atoms. The third-order valence-corrected chi connectivity index (χ3v) is 15.0. The molecule has 5 aromatic rings. The number of aliphatic hydroxyl groups is 1. The lowest BCUT2D eigenvalue weighted by molar-refractivity contribution is -0.140. The number of nitrogen functional groups attached to an aromatic ring is 1. The number of nitrogens with zero attached hydrogens (tertiary/aromatic N) is 4. The van der Waals surface area contributed by atoms with Crippen LogP contribution in [0.1, 0.15) is 46.4 Å². The number of ether oxygens (including phenoxy) is 2. The summed E-state index contributed by atoms with van der Waals surface area (Å²) in [4.78, 5) is 51.8. The summed E-state index contributed by atoms with van der Waals surface area (Å²) in [7, 11) is -3.12. The molecule has 1 aliphatic heterocycles. The fourth-order valence-electron chi connectivity index (χ4n) is 7.14. The SMILES string of the molecule is CC(C)(OC(=O)N[C@@H](Cc1ccccc1)C(=O)O)C(=O)N[C@H]1[C@@H](O)[C@H](n2cnc3c(N)ncnc32)O[C@@H]1CO[Si](c1ccccc1)(c1ccccc1)C(C)(C)C. The minimum Gasteiger partial charge on any atom is -0.480 e. The summed E-state index contributed by atoms with van der Waals surface area (Å²) < 4.78 is 20.8. The molecule has 6 rings (SSSR count). The standard InChI is InChI=1S/C40H47N7O8Si/c1-39(2,3)56(26-17-11-7-12-18-26,27-19-13-8-14-20-27)53-22-29-30(32(48)35(54-29)47-24-44-31-33(41)42-23-43-34(31)47)46-37(51)40(4,5)55-38(52)45-28(36(49)50)21-25-15-9-6-10-16-25/h6-20,23-24,28-30,32,35,48H,21-22H2,1-5H3,(H,45,52)(H,46,51)(H,49,50)(H2,41,42,43)/t28-,29+,30+,32+,35+/m0/s1. The first-order chi connectivity index (χ1) is 26.6. The number of carbonyl (C=O) groups is 3. The zero-order valence-electron chi connectivity index (χ0n) is 31.8. The number of amides is 2. The van der Waals surface area contributed by atoms with Crippen molar-refractivity contribution >= 4 is 53.6 Å². The lowest BCUT2D eigenvalue weighted by Gasteiger charge is -2.43. The molecule has 0 spiro atoms. The molecular weight excluding hydrogens is 735 g/mol. The second-order valence-electron chi connectivity index (χ2n) is 15.2. The maximum Gasteiger partial charge on any atom is 0.408 e. The first-order valence-electron chi connectivity index (χ1n) is 18.2. The van der Waals surface area contributed by atoms with Gasteiger partial charge in [-0.15, -0.1) is 0 Å². The third-order valence-electron chi connectivity index (χ3n) is 9.98. The first kappa shape index (κ1) is 40.0. The number of alkyl carbamates (subject to hydrolysis) is 1. The molecule has 0 aliphatic carbocycles. The number of carboxylic acid groups (broad SMARTS) is 1. The molecule has 2 amide bonds. The van der Waals surface area contributed by atoms with Crippen molar-refractivity contribution < 1.29 is 38.5 Å². The van der Waals surface area contributed by atoms with Crippen LogP contribution in [0.25, 0.3) is 11.2 Å². The fraction of sp³-hybridized carbons (Fsp3) is 0.350. The largest absolute Gasteiger partial charge is 0.480 e. The van der Waals surface area contributed by atoms with Gasteiger partial charge in [0.1, 0.15) is 30.1 Å². The Kier molecular flexibility index (Phi) is 11.6. The van der Waals surface area contributed by atoms with E-state index in [4.69, 9.17) is 19.6 Å². The monoisotopic (exact) mass is 781 g/mol. The van der Waals surface area contributed by atoms with E-state index in [-0.39, 0.29) is 18.8 Å². The number of fused-ring (bicyclic) bond motifs is 1. The van der Waals surface area contributed by atoms with Gasteiger partial charge in [-0.25, -0.2) is 24.5 Å². The van der Waals surface area contributed by atoms with E-state index in [1.807, 2.05) is 36.4 Å². The van der Waals surface area contributed by atoms with Crippen LogP contribution < -0.4 is 26.7 Å². The highest BCUT2D eigenvalue weighted by Crippen LogP contribution is 2.39. The van der Waals surface area contributed by atoms with E-state index in [1.165, 1.54) is 31.1 Å². The summed E-state index contributed by atoms with van der Waals surface area (Å²) in [6.07, 6.45) is -1.83. The number of benzene rings is 3. The highest BCUT2D eigenvalue weighted by Gasteiger charge is 2.53. The van der Waals surface area contributed by atoms with Gasteiger partial charge in [0, 0.05) is 6.42 Å². The Labute approximate surface area is 325 Å². The number of rotatable bonds is 13. The van der Waals surface area contributed by atoms with Crippen molar-refractivity contribution in [2.45, 2.75) is 82.2 Å². The van der Waals surface area contributed by atoms with E-state index in [0.29, 0.717) is 16.7 Å². The van der Waals surface area contributed by atoms with E-state index in [9.17, 15) is 24.6 Å². The predicted molar refractivity (Wildman–Crippen MR) is 210 cm³/mol. The Balaban J connectivity index is 1.29. The maximum atomic E-state index is 14.0. The molecule has 294 valence electrons. The lowest BCUT2D eigenvalue weighted by Crippen LogP contribution is -2.67. The van der Waals surface area contributed by atoms with Gasteiger partial charge < -0.3 is 40.5 Å². The molecule has 1 saturated heterocycles. The van der Waals surface area contributed by atoms with E-state index in [1.54, 1.807) is 30.3 Å². The number of aliphatic carboxylic acids is 1. The number of carbonyl (C=O) groups excluding carboxylic acids is 2. The van der Waals surface area contributed by atoms with Gasteiger partial charge in [0.05, 0.1) is 19.0 Å². The number of carboxylic acids is 1. The highest BCUT2D eigenvalue weighted by molar-refractivity contribution is 6.99. The molecule has 0 unspecified atom stereocenters. The van der Waals surface area contributed by atoms with Crippen LogP contribution in [0.15, 0.2) is 104 Å². The van der Waals surface area contributed by atoms with Crippen LogP contribution in [0.2, 0.25) is 5.04 Å². The zero-order valence-corrected chi connectivity index (χ0v) is 32.8. The number of aromatic nitrogens is 4. The Morgan fingerprint density at radius 3 is 2.07 bits per heavy atom. The molecule has 1 aliphatic rings. The average Bonchev–Trinajstić information content (AvgIpc) is 3.73. The van der Waals surface area contributed by atoms with E-state index in [2.05, 4.69) is 70.6 Å². The molecule has 16 heteroatoms. The topological polar surface area (TPSA) is 213 Å². The number of aliphatic hydroxyl groups excluding tert-OH is 1. The van der Waals surface area contributed by atoms with Crippen molar-refractivity contribution in [2.75, 3.05) is 12.3 Å². The Morgan fingerprint density at radius 2 is 1.50 bits per heavy atom. The molecule has 15 nitrogen and oxygen atoms in total.